The molecule has 0 aliphatic rings. The molecule has 2 aromatic carbocycles. The smallest absolute Gasteiger partial charge is 0.276 e. The summed E-state index contributed by atoms with van der Waals surface area (Å²) >= 11 is 0. The number of para-hydroxylation sites is 1. The lowest BCUT2D eigenvalue weighted by atomic mass is 10.1. The minimum Gasteiger partial charge on any atom is -0.365 e. The molecule has 2 N–H and O–H groups in total. The molecule has 0 fully saturated rings. The van der Waals surface area contributed by atoms with E-state index >= 15 is 0 Å². The van der Waals surface area contributed by atoms with Crippen LogP contribution < -0.4 is 10.6 Å². The number of carbonyl (C=O) groups is 1. The summed E-state index contributed by atoms with van der Waals surface area (Å²) in [5.74, 6) is 0.136. The fourth-order valence-corrected chi connectivity index (χ4v) is 2.24. The van der Waals surface area contributed by atoms with Crippen molar-refractivity contribution in [1.29, 1.82) is 0 Å². The second kappa shape index (κ2) is 8.15. The van der Waals surface area contributed by atoms with E-state index < -0.39 is 6.43 Å². The van der Waals surface area contributed by atoms with Crippen molar-refractivity contribution >= 4 is 17.4 Å². The molecular formula is C19H16F2N4O. The summed E-state index contributed by atoms with van der Waals surface area (Å²) in [6.45, 7) is 0.410. The SMILES string of the molecule is O=C(Nc1ccccc1)c1ccc(NCc2ccc(C(F)F)cc2)nn1. The van der Waals surface area contributed by atoms with Crippen molar-refractivity contribution < 1.29 is 13.6 Å². The molecule has 0 saturated heterocycles. The Morgan fingerprint density at radius 3 is 2.27 bits per heavy atom. The van der Waals surface area contributed by atoms with Crippen molar-refractivity contribution in [1.82, 2.24) is 10.2 Å². The van der Waals surface area contributed by atoms with Gasteiger partial charge in [0, 0.05) is 17.8 Å². The van der Waals surface area contributed by atoms with E-state index in [9.17, 15) is 13.6 Å². The van der Waals surface area contributed by atoms with E-state index in [4.69, 9.17) is 0 Å². The number of hydrogen-bond donors (Lipinski definition) is 2. The molecule has 1 amide bonds. The Bertz CT molecular complexity index is 853. The lowest BCUT2D eigenvalue weighted by Crippen LogP contribution is -2.14. The van der Waals surface area contributed by atoms with Crippen LogP contribution in [0, 0.1) is 0 Å². The fraction of sp³-hybridized carbons (Fsp3) is 0.105. The third-order valence-electron chi connectivity index (χ3n) is 3.63. The van der Waals surface area contributed by atoms with Crippen LogP contribution in [0.5, 0.6) is 0 Å². The number of halogens is 2. The Morgan fingerprint density at radius 2 is 1.65 bits per heavy atom. The van der Waals surface area contributed by atoms with Crippen molar-refractivity contribution in [3.05, 3.63) is 83.6 Å². The summed E-state index contributed by atoms with van der Waals surface area (Å²) in [6.07, 6.45) is -2.47. The maximum Gasteiger partial charge on any atom is 0.276 e. The highest BCUT2D eigenvalue weighted by molar-refractivity contribution is 6.02. The summed E-state index contributed by atoms with van der Waals surface area (Å²) in [6, 6.07) is 18.3. The average Bonchev–Trinajstić information content (AvgIpc) is 2.68. The number of hydrogen-bond acceptors (Lipinski definition) is 4. The molecule has 0 aliphatic heterocycles. The third-order valence-corrected chi connectivity index (χ3v) is 3.63. The summed E-state index contributed by atoms with van der Waals surface area (Å²) in [5, 5.41) is 13.6. The quantitative estimate of drug-likeness (QED) is 0.693. The van der Waals surface area contributed by atoms with E-state index in [0.717, 1.165) is 5.56 Å². The first kappa shape index (κ1) is 17.5. The summed E-state index contributed by atoms with van der Waals surface area (Å²) in [4.78, 5) is 12.1. The van der Waals surface area contributed by atoms with Gasteiger partial charge in [0.15, 0.2) is 5.69 Å². The first-order valence-corrected chi connectivity index (χ1v) is 7.93. The molecule has 1 aromatic heterocycles. The standard InChI is InChI=1S/C19H16F2N4O/c20-18(21)14-8-6-13(7-9-14)12-22-17-11-10-16(24-25-17)19(26)23-15-4-2-1-3-5-15/h1-11,18H,12H2,(H,22,25)(H,23,26). The Hall–Kier alpha value is -3.35. The molecule has 1 heterocycles. The van der Waals surface area contributed by atoms with Crippen LogP contribution in [0.1, 0.15) is 28.0 Å². The van der Waals surface area contributed by atoms with Crippen LogP contribution in [0.3, 0.4) is 0 Å². The zero-order valence-electron chi connectivity index (χ0n) is 13.7. The maximum atomic E-state index is 12.5. The Labute approximate surface area is 149 Å². The van der Waals surface area contributed by atoms with Crippen LogP contribution in [0.25, 0.3) is 0 Å². The number of aromatic nitrogens is 2. The van der Waals surface area contributed by atoms with Gasteiger partial charge >= 0.3 is 0 Å². The van der Waals surface area contributed by atoms with Crippen molar-refractivity contribution in [2.45, 2.75) is 13.0 Å². The largest absolute Gasteiger partial charge is 0.365 e. The van der Waals surface area contributed by atoms with Crippen molar-refractivity contribution in [3.63, 3.8) is 0 Å². The highest BCUT2D eigenvalue weighted by atomic mass is 19.3. The second-order valence-electron chi connectivity index (χ2n) is 5.52. The summed E-state index contributed by atoms with van der Waals surface area (Å²) in [5.41, 5.74) is 1.69. The van der Waals surface area contributed by atoms with Gasteiger partial charge in [-0.2, -0.15) is 0 Å². The van der Waals surface area contributed by atoms with Gasteiger partial charge in [0.1, 0.15) is 5.82 Å². The molecule has 7 heteroatoms. The summed E-state index contributed by atoms with van der Waals surface area (Å²) in [7, 11) is 0. The lowest BCUT2D eigenvalue weighted by Gasteiger charge is -2.07. The van der Waals surface area contributed by atoms with Gasteiger partial charge in [0.25, 0.3) is 12.3 Å². The van der Waals surface area contributed by atoms with Crippen molar-refractivity contribution in [2.75, 3.05) is 10.6 Å². The van der Waals surface area contributed by atoms with Gasteiger partial charge in [-0.25, -0.2) is 8.78 Å². The van der Waals surface area contributed by atoms with Crippen molar-refractivity contribution in [2.24, 2.45) is 0 Å². The molecule has 0 unspecified atom stereocenters. The van der Waals surface area contributed by atoms with Gasteiger partial charge < -0.3 is 10.6 Å². The molecule has 132 valence electrons. The topological polar surface area (TPSA) is 66.9 Å². The molecule has 0 aliphatic carbocycles. The van der Waals surface area contributed by atoms with E-state index in [1.165, 1.54) is 12.1 Å². The number of nitrogens with zero attached hydrogens (tertiary/aromatic N) is 2. The average molecular weight is 354 g/mol. The monoisotopic (exact) mass is 354 g/mol. The number of rotatable bonds is 6. The molecule has 3 aromatic rings. The Balaban J connectivity index is 1.56. The maximum absolute atomic E-state index is 12.5. The van der Waals surface area contributed by atoms with Crippen LogP contribution in [-0.4, -0.2) is 16.1 Å². The number of nitrogens with one attached hydrogen (secondary N) is 2. The van der Waals surface area contributed by atoms with Crippen LogP contribution in [0.15, 0.2) is 66.7 Å². The molecule has 0 saturated carbocycles. The molecule has 0 spiro atoms. The fourth-order valence-electron chi connectivity index (χ4n) is 2.24. The van der Waals surface area contributed by atoms with Crippen LogP contribution >= 0.6 is 0 Å². The minimum absolute atomic E-state index is 0.0117. The Kier molecular flexibility index (Phi) is 5.48. The third kappa shape index (κ3) is 4.60. The number of alkyl halides is 2. The summed E-state index contributed by atoms with van der Waals surface area (Å²) < 4.78 is 25.0. The molecule has 5 nitrogen and oxygen atoms in total. The second-order valence-corrected chi connectivity index (χ2v) is 5.52. The molecule has 3 rings (SSSR count). The van der Waals surface area contributed by atoms with E-state index in [1.807, 2.05) is 18.2 Å². The van der Waals surface area contributed by atoms with E-state index in [0.29, 0.717) is 18.1 Å². The van der Waals surface area contributed by atoms with Crippen LogP contribution in [0.4, 0.5) is 20.3 Å². The molecule has 26 heavy (non-hydrogen) atoms. The van der Waals surface area contributed by atoms with E-state index in [1.54, 1.807) is 36.4 Å². The predicted octanol–water partition coefficient (Wildman–Crippen LogP) is 4.28. The van der Waals surface area contributed by atoms with Gasteiger partial charge in [-0.05, 0) is 29.8 Å². The zero-order chi connectivity index (χ0) is 18.4. The first-order valence-electron chi connectivity index (χ1n) is 7.93. The number of amides is 1. The predicted molar refractivity (Wildman–Crippen MR) is 95.2 cm³/mol. The molecule has 0 atom stereocenters. The molecule has 0 radical (unpaired) electrons. The van der Waals surface area contributed by atoms with Gasteiger partial charge in [0.2, 0.25) is 0 Å². The normalized spacial score (nSPS) is 10.6. The van der Waals surface area contributed by atoms with E-state index in [2.05, 4.69) is 20.8 Å². The highest BCUT2D eigenvalue weighted by Crippen LogP contribution is 2.19. The van der Waals surface area contributed by atoms with Crippen molar-refractivity contribution in [3.8, 4) is 0 Å². The number of anilines is 2. The minimum atomic E-state index is -2.47. The van der Waals surface area contributed by atoms with E-state index in [-0.39, 0.29) is 17.2 Å². The molecular weight excluding hydrogens is 338 g/mol. The van der Waals surface area contributed by atoms with Gasteiger partial charge in [-0.1, -0.05) is 42.5 Å². The zero-order valence-corrected chi connectivity index (χ0v) is 13.7. The highest BCUT2D eigenvalue weighted by Gasteiger charge is 2.09. The first-order chi connectivity index (χ1) is 12.6. The Morgan fingerprint density at radius 1 is 0.923 bits per heavy atom. The van der Waals surface area contributed by atoms with Crippen LogP contribution in [-0.2, 0) is 6.54 Å². The van der Waals surface area contributed by atoms with Gasteiger partial charge in [-0.3, -0.25) is 4.79 Å². The number of benzene rings is 2. The lowest BCUT2D eigenvalue weighted by molar-refractivity contribution is 0.102. The van der Waals surface area contributed by atoms with Crippen LogP contribution in [0.2, 0.25) is 0 Å². The number of carbonyl (C=O) groups excluding carboxylic acids is 1. The van der Waals surface area contributed by atoms with Gasteiger partial charge in [0.05, 0.1) is 0 Å². The van der Waals surface area contributed by atoms with Gasteiger partial charge in [-0.15, -0.1) is 10.2 Å². The molecule has 0 bridgehead atoms.